The molecule has 1 unspecified atom stereocenters. The first-order chi connectivity index (χ1) is 38.0. The van der Waals surface area contributed by atoms with Crippen LogP contribution >= 0.6 is 0 Å². The molecule has 0 fully saturated rings. The van der Waals surface area contributed by atoms with Crippen LogP contribution in [0.1, 0.15) is 265 Å². The molecule has 1 atom stereocenters. The summed E-state index contributed by atoms with van der Waals surface area (Å²) in [5.41, 5.74) is 0. The van der Waals surface area contributed by atoms with Crippen molar-refractivity contribution < 1.29 is 28.6 Å². The molecule has 0 heterocycles. The lowest BCUT2D eigenvalue weighted by Crippen LogP contribution is -2.30. The molecule has 0 aromatic heterocycles. The summed E-state index contributed by atoms with van der Waals surface area (Å²) in [6.07, 6.45) is 91.5. The van der Waals surface area contributed by atoms with Crippen molar-refractivity contribution in [2.75, 3.05) is 13.2 Å². The Morgan fingerprint density at radius 1 is 0.273 bits per heavy atom. The average Bonchev–Trinajstić information content (AvgIpc) is 3.43. The molecule has 0 aliphatic rings. The molecule has 0 amide bonds. The SMILES string of the molecule is CC/C=C\C/C=C\C/C=C\C/C=C\C/C=C\C/C=C\CCCCCCCCCCCCC(=O)OCC(COC(=O)CCCCCCCCCCCCC)OC(=O)CC/C=C\C/C=C\C/C=C\C/C=C\C/C=C\C/C=C\CC. The Bertz CT molecular complexity index is 1700. The Labute approximate surface area is 474 Å². The molecule has 0 aliphatic heterocycles. The highest BCUT2D eigenvalue weighted by atomic mass is 16.6. The normalized spacial score (nSPS) is 13.1. The van der Waals surface area contributed by atoms with Crippen LogP contribution in [-0.2, 0) is 28.6 Å². The molecule has 0 aromatic carbocycles. The van der Waals surface area contributed by atoms with Gasteiger partial charge in [0.2, 0.25) is 0 Å². The third kappa shape index (κ3) is 62.0. The van der Waals surface area contributed by atoms with E-state index in [1.165, 1.54) is 96.3 Å². The first-order valence-electron chi connectivity index (χ1n) is 31.3. The lowest BCUT2D eigenvalue weighted by Gasteiger charge is -2.18. The van der Waals surface area contributed by atoms with Gasteiger partial charge in [0, 0.05) is 19.3 Å². The molecule has 0 saturated carbocycles. The van der Waals surface area contributed by atoms with Crippen molar-refractivity contribution >= 4 is 17.9 Å². The Morgan fingerprint density at radius 2 is 0.532 bits per heavy atom. The summed E-state index contributed by atoms with van der Waals surface area (Å²) >= 11 is 0. The van der Waals surface area contributed by atoms with Gasteiger partial charge in [-0.3, -0.25) is 14.4 Å². The number of allylic oxidation sites excluding steroid dienone is 24. The second-order valence-corrected chi connectivity index (χ2v) is 20.2. The first-order valence-corrected chi connectivity index (χ1v) is 31.3. The zero-order chi connectivity index (χ0) is 55.7. The number of rotatable bonds is 55. The van der Waals surface area contributed by atoms with E-state index < -0.39 is 12.1 Å². The predicted octanol–water partition coefficient (Wildman–Crippen LogP) is 21.5. The Kier molecular flexibility index (Phi) is 59.9. The van der Waals surface area contributed by atoms with Crippen molar-refractivity contribution in [3.63, 3.8) is 0 Å². The number of ether oxygens (including phenoxy) is 3. The van der Waals surface area contributed by atoms with Crippen molar-refractivity contribution in [3.05, 3.63) is 146 Å². The van der Waals surface area contributed by atoms with Crippen molar-refractivity contribution in [2.24, 2.45) is 0 Å². The summed E-state index contributed by atoms with van der Waals surface area (Å²) in [4.78, 5) is 38.2. The highest BCUT2D eigenvalue weighted by Gasteiger charge is 2.19. The molecule has 0 saturated heterocycles. The number of esters is 3. The number of hydrogen-bond donors (Lipinski definition) is 0. The molecule has 0 spiro atoms. The maximum Gasteiger partial charge on any atom is 0.306 e. The second kappa shape index (κ2) is 63.8. The Balaban J connectivity index is 4.37. The molecule has 6 heteroatoms. The summed E-state index contributed by atoms with van der Waals surface area (Å²) in [5, 5.41) is 0. The lowest BCUT2D eigenvalue weighted by atomic mass is 10.1. The summed E-state index contributed by atoms with van der Waals surface area (Å²) < 4.78 is 16.8. The van der Waals surface area contributed by atoms with Gasteiger partial charge in [-0.25, -0.2) is 0 Å². The number of carbonyl (C=O) groups excluding carboxylic acids is 3. The zero-order valence-corrected chi connectivity index (χ0v) is 49.7. The molecule has 434 valence electrons. The van der Waals surface area contributed by atoms with E-state index in [-0.39, 0.29) is 31.6 Å². The molecule has 0 N–H and O–H groups in total. The van der Waals surface area contributed by atoms with E-state index in [0.717, 1.165) is 122 Å². The van der Waals surface area contributed by atoms with Gasteiger partial charge in [0.25, 0.3) is 0 Å². The van der Waals surface area contributed by atoms with Gasteiger partial charge in [0.15, 0.2) is 6.10 Å². The van der Waals surface area contributed by atoms with E-state index in [0.29, 0.717) is 19.3 Å². The van der Waals surface area contributed by atoms with Crippen LogP contribution in [0.4, 0.5) is 0 Å². The van der Waals surface area contributed by atoms with E-state index in [4.69, 9.17) is 14.2 Å². The van der Waals surface area contributed by atoms with Crippen LogP contribution in [0.15, 0.2) is 146 Å². The molecule has 77 heavy (non-hydrogen) atoms. The summed E-state index contributed by atoms with van der Waals surface area (Å²) in [5.74, 6) is -1.00. The van der Waals surface area contributed by atoms with E-state index in [1.807, 2.05) is 6.08 Å². The fraction of sp³-hybridized carbons (Fsp3) is 0.620. The maximum atomic E-state index is 12.8. The molecule has 0 rings (SSSR count). The standard InChI is InChI=1S/C71H114O6/c1-4-7-10-13-16-19-22-24-26-28-30-31-32-33-34-35-36-37-38-39-41-42-44-46-49-52-55-58-61-64-70(73)76-67-68(66-75-69(72)63-60-57-54-51-48-21-18-15-12-9-6-3)77-71(74)65-62-59-56-53-50-47-45-43-40-29-27-25-23-20-17-14-11-8-5-2/h7-8,10-11,16-17,19-20,24-27,30-31,33-34,36-37,40,43,47,50,56,59,68H,4-6,9,12-15,18,21-23,28-29,32,35,38-39,41-42,44-46,48-49,51-55,57-58,60-67H2,1-3H3/b10-7-,11-8-,19-16-,20-17-,26-24-,27-25-,31-30-,34-33-,37-36-,43-40-,50-47-,59-56-. The summed E-state index contributed by atoms with van der Waals surface area (Å²) in [6, 6.07) is 0. The lowest BCUT2D eigenvalue weighted by molar-refractivity contribution is -0.166. The minimum atomic E-state index is -0.824. The number of carbonyl (C=O) groups is 3. The van der Waals surface area contributed by atoms with Crippen LogP contribution in [0.25, 0.3) is 0 Å². The third-order valence-corrected chi connectivity index (χ3v) is 12.9. The van der Waals surface area contributed by atoms with Crippen molar-refractivity contribution in [1.82, 2.24) is 0 Å². The highest BCUT2D eigenvalue weighted by Crippen LogP contribution is 2.15. The van der Waals surface area contributed by atoms with Crippen LogP contribution in [0, 0.1) is 0 Å². The highest BCUT2D eigenvalue weighted by molar-refractivity contribution is 5.71. The van der Waals surface area contributed by atoms with Gasteiger partial charge in [-0.2, -0.15) is 0 Å². The topological polar surface area (TPSA) is 78.9 Å². The smallest absolute Gasteiger partial charge is 0.306 e. The van der Waals surface area contributed by atoms with Crippen molar-refractivity contribution in [2.45, 2.75) is 271 Å². The van der Waals surface area contributed by atoms with Gasteiger partial charge in [-0.1, -0.05) is 282 Å². The van der Waals surface area contributed by atoms with Gasteiger partial charge >= 0.3 is 17.9 Å². The summed E-state index contributed by atoms with van der Waals surface area (Å²) in [6.45, 7) is 6.34. The molecular formula is C71H114O6. The van der Waals surface area contributed by atoms with Crippen LogP contribution in [0.5, 0.6) is 0 Å². The first kappa shape index (κ1) is 72.3. The third-order valence-electron chi connectivity index (χ3n) is 12.9. The van der Waals surface area contributed by atoms with E-state index >= 15 is 0 Å². The second-order valence-electron chi connectivity index (χ2n) is 20.2. The fourth-order valence-electron chi connectivity index (χ4n) is 8.24. The maximum absolute atomic E-state index is 12.8. The van der Waals surface area contributed by atoms with E-state index in [2.05, 4.69) is 161 Å². The number of hydrogen-bond acceptors (Lipinski definition) is 6. The minimum Gasteiger partial charge on any atom is -0.462 e. The van der Waals surface area contributed by atoms with Crippen molar-refractivity contribution in [3.8, 4) is 0 Å². The number of unbranched alkanes of at least 4 members (excludes halogenated alkanes) is 20. The average molecular weight is 1060 g/mol. The fourth-order valence-corrected chi connectivity index (χ4v) is 8.24. The Hall–Kier alpha value is -4.71. The molecule has 0 radical (unpaired) electrons. The van der Waals surface area contributed by atoms with Crippen LogP contribution in [0.2, 0.25) is 0 Å². The molecule has 6 nitrogen and oxygen atoms in total. The monoisotopic (exact) mass is 1060 g/mol. The minimum absolute atomic E-state index is 0.112. The quantitative estimate of drug-likeness (QED) is 0.0261. The Morgan fingerprint density at radius 3 is 0.844 bits per heavy atom. The van der Waals surface area contributed by atoms with Gasteiger partial charge < -0.3 is 14.2 Å². The predicted molar refractivity (Wildman–Crippen MR) is 334 cm³/mol. The van der Waals surface area contributed by atoms with Crippen LogP contribution < -0.4 is 0 Å². The summed E-state index contributed by atoms with van der Waals surface area (Å²) in [7, 11) is 0. The van der Waals surface area contributed by atoms with Gasteiger partial charge in [0.05, 0.1) is 0 Å². The molecule has 0 aromatic rings. The largest absolute Gasteiger partial charge is 0.462 e. The van der Waals surface area contributed by atoms with Gasteiger partial charge in [0.1, 0.15) is 13.2 Å². The van der Waals surface area contributed by atoms with Gasteiger partial charge in [-0.15, -0.1) is 0 Å². The van der Waals surface area contributed by atoms with Crippen molar-refractivity contribution in [1.29, 1.82) is 0 Å². The van der Waals surface area contributed by atoms with Crippen LogP contribution in [-0.4, -0.2) is 37.2 Å². The molecular weight excluding hydrogens is 949 g/mol. The molecule has 0 aliphatic carbocycles. The zero-order valence-electron chi connectivity index (χ0n) is 49.7. The van der Waals surface area contributed by atoms with E-state index in [9.17, 15) is 14.4 Å². The van der Waals surface area contributed by atoms with Gasteiger partial charge in [-0.05, 0) is 109 Å². The van der Waals surface area contributed by atoms with Crippen LogP contribution in [0.3, 0.4) is 0 Å². The van der Waals surface area contributed by atoms with E-state index in [1.54, 1.807) is 0 Å². The molecule has 0 bridgehead atoms.